The zero-order valence-corrected chi connectivity index (χ0v) is 20.7. The Bertz CT molecular complexity index is 1410. The summed E-state index contributed by atoms with van der Waals surface area (Å²) in [6, 6.07) is 11.0. The smallest absolute Gasteiger partial charge is 0.261 e. The van der Waals surface area contributed by atoms with E-state index < -0.39 is 10.0 Å². The molecule has 2 aliphatic rings. The Hall–Kier alpha value is -3.66. The van der Waals surface area contributed by atoms with Gasteiger partial charge in [-0.3, -0.25) is 9.10 Å². The molecule has 4 heterocycles. The molecule has 2 aliphatic heterocycles. The van der Waals surface area contributed by atoms with Gasteiger partial charge in [0.1, 0.15) is 11.6 Å². The predicted molar refractivity (Wildman–Crippen MR) is 135 cm³/mol. The summed E-state index contributed by atoms with van der Waals surface area (Å²) in [6.45, 7) is 3.00. The molecule has 0 atom stereocenters. The topological polar surface area (TPSA) is 95.9 Å². The van der Waals surface area contributed by atoms with Crippen LogP contribution in [0.15, 0.2) is 48.8 Å². The Morgan fingerprint density at radius 1 is 1.06 bits per heavy atom. The van der Waals surface area contributed by atoms with Gasteiger partial charge >= 0.3 is 0 Å². The van der Waals surface area contributed by atoms with Crippen molar-refractivity contribution in [2.75, 3.05) is 47.1 Å². The molecule has 2 aromatic heterocycles. The molecule has 5 rings (SSSR count). The van der Waals surface area contributed by atoms with Gasteiger partial charge in [0.2, 0.25) is 10.0 Å². The van der Waals surface area contributed by atoms with Gasteiger partial charge in [0.25, 0.3) is 5.91 Å². The van der Waals surface area contributed by atoms with E-state index >= 15 is 0 Å². The number of carbonyl (C=O) groups excluding carboxylic acids is 1. The van der Waals surface area contributed by atoms with Crippen molar-refractivity contribution >= 4 is 38.9 Å². The molecule has 0 radical (unpaired) electrons. The number of hydrogen-bond acceptors (Lipinski definition) is 7. The van der Waals surface area contributed by atoms with Crippen LogP contribution in [0.25, 0.3) is 0 Å². The molecule has 0 unspecified atom stereocenters. The van der Waals surface area contributed by atoms with Crippen LogP contribution in [0.4, 0.5) is 23.0 Å². The van der Waals surface area contributed by atoms with E-state index in [0.717, 1.165) is 16.8 Å². The number of anilines is 4. The lowest BCUT2D eigenvalue weighted by Gasteiger charge is -2.28. The lowest BCUT2D eigenvalue weighted by atomic mass is 10.1. The van der Waals surface area contributed by atoms with Gasteiger partial charge in [0.05, 0.1) is 29.3 Å². The molecule has 0 N–H and O–H groups in total. The van der Waals surface area contributed by atoms with Gasteiger partial charge in [-0.2, -0.15) is 0 Å². The third-order valence-corrected chi connectivity index (χ3v) is 8.29. The monoisotopic (exact) mass is 493 g/mol. The minimum absolute atomic E-state index is 0.0619. The number of hydrogen-bond donors (Lipinski definition) is 0. The fourth-order valence-corrected chi connectivity index (χ4v) is 5.80. The molecule has 10 heteroatoms. The number of aromatic nitrogens is 2. The van der Waals surface area contributed by atoms with E-state index in [-0.39, 0.29) is 11.7 Å². The highest BCUT2D eigenvalue weighted by atomic mass is 32.2. The summed E-state index contributed by atoms with van der Waals surface area (Å²) >= 11 is 0. The van der Waals surface area contributed by atoms with Gasteiger partial charge in [-0.1, -0.05) is 6.07 Å². The average molecular weight is 494 g/mol. The minimum atomic E-state index is -3.28. The average Bonchev–Trinajstić information content (AvgIpc) is 2.95. The second-order valence-electron chi connectivity index (χ2n) is 8.56. The second kappa shape index (κ2) is 8.84. The zero-order valence-electron chi connectivity index (χ0n) is 19.9. The molecule has 182 valence electrons. The molecular weight excluding hydrogens is 466 g/mol. The van der Waals surface area contributed by atoms with Crippen molar-refractivity contribution < 1.29 is 17.9 Å². The molecular formula is C25H27N5O4S. The number of carbonyl (C=O) groups is 1. The Labute approximate surface area is 205 Å². The third kappa shape index (κ3) is 3.97. The highest BCUT2D eigenvalue weighted by Gasteiger charge is 2.31. The molecule has 1 amide bonds. The van der Waals surface area contributed by atoms with E-state index in [1.54, 1.807) is 43.5 Å². The molecule has 0 aliphatic carbocycles. The van der Waals surface area contributed by atoms with Crippen molar-refractivity contribution in [3.05, 3.63) is 65.5 Å². The van der Waals surface area contributed by atoms with Crippen molar-refractivity contribution in [1.82, 2.24) is 9.97 Å². The number of amides is 1. The number of nitrogens with zero attached hydrogens (tertiary/aromatic N) is 5. The maximum atomic E-state index is 13.3. The van der Waals surface area contributed by atoms with Gasteiger partial charge in [0.15, 0.2) is 5.82 Å². The van der Waals surface area contributed by atoms with Gasteiger partial charge < -0.3 is 14.5 Å². The summed E-state index contributed by atoms with van der Waals surface area (Å²) in [4.78, 5) is 26.0. The summed E-state index contributed by atoms with van der Waals surface area (Å²) in [7, 11) is 0.0386. The first kappa shape index (κ1) is 23.1. The van der Waals surface area contributed by atoms with Crippen LogP contribution >= 0.6 is 0 Å². The van der Waals surface area contributed by atoms with Gasteiger partial charge in [-0.05, 0) is 49.2 Å². The summed E-state index contributed by atoms with van der Waals surface area (Å²) in [5.74, 6) is 1.90. The Morgan fingerprint density at radius 2 is 1.86 bits per heavy atom. The van der Waals surface area contributed by atoms with E-state index in [0.29, 0.717) is 54.6 Å². The number of ether oxygens (including phenoxy) is 1. The molecule has 0 fully saturated rings. The quantitative estimate of drug-likeness (QED) is 0.539. The standard InChI is InChI=1S/C25H27N5O4S/c1-4-30-23-19(25(31)28(2)21-8-6-12-26-24(21)30)15-17(16-27-23)10-13-34-22-9-5-7-20-18(22)11-14-35(32,33)29(20)3/h5-9,12,15-16H,4,10-11,13-14H2,1-3H3. The van der Waals surface area contributed by atoms with Crippen molar-refractivity contribution in [2.45, 2.75) is 19.8 Å². The summed E-state index contributed by atoms with van der Waals surface area (Å²) in [6.07, 6.45) is 4.45. The largest absolute Gasteiger partial charge is 0.493 e. The van der Waals surface area contributed by atoms with E-state index in [1.807, 2.05) is 36.1 Å². The fourth-order valence-electron chi connectivity index (χ4n) is 4.59. The first-order chi connectivity index (χ1) is 16.8. The van der Waals surface area contributed by atoms with E-state index in [2.05, 4.69) is 9.97 Å². The fraction of sp³-hybridized carbons (Fsp3) is 0.320. The second-order valence-corrected chi connectivity index (χ2v) is 10.7. The van der Waals surface area contributed by atoms with Crippen LogP contribution in [-0.4, -0.2) is 57.3 Å². The molecule has 9 nitrogen and oxygen atoms in total. The first-order valence-electron chi connectivity index (χ1n) is 11.5. The number of sulfonamides is 1. The molecule has 0 saturated carbocycles. The Kier molecular flexibility index (Phi) is 5.84. The summed E-state index contributed by atoms with van der Waals surface area (Å²) in [5, 5.41) is 0. The molecule has 0 spiro atoms. The van der Waals surface area contributed by atoms with Crippen LogP contribution in [0.3, 0.4) is 0 Å². The Morgan fingerprint density at radius 3 is 2.66 bits per heavy atom. The number of fused-ring (bicyclic) bond motifs is 3. The van der Waals surface area contributed by atoms with Crippen LogP contribution in [0.5, 0.6) is 5.75 Å². The molecule has 0 bridgehead atoms. The van der Waals surface area contributed by atoms with Crippen molar-refractivity contribution in [2.24, 2.45) is 0 Å². The zero-order chi connectivity index (χ0) is 24.7. The number of rotatable bonds is 5. The van der Waals surface area contributed by atoms with Crippen molar-refractivity contribution in [1.29, 1.82) is 0 Å². The predicted octanol–water partition coefficient (Wildman–Crippen LogP) is 3.17. The number of pyridine rings is 2. The van der Waals surface area contributed by atoms with Crippen molar-refractivity contribution in [3.8, 4) is 5.75 Å². The van der Waals surface area contributed by atoms with Gasteiger partial charge in [-0.25, -0.2) is 18.4 Å². The minimum Gasteiger partial charge on any atom is -0.493 e. The maximum Gasteiger partial charge on any atom is 0.261 e. The van der Waals surface area contributed by atoms with E-state index in [1.165, 1.54) is 4.31 Å². The van der Waals surface area contributed by atoms with Crippen molar-refractivity contribution in [3.63, 3.8) is 0 Å². The third-order valence-electron chi connectivity index (χ3n) is 6.54. The van der Waals surface area contributed by atoms with Gasteiger partial charge in [0, 0.05) is 45.0 Å². The maximum absolute atomic E-state index is 13.3. The summed E-state index contributed by atoms with van der Waals surface area (Å²) in [5.41, 5.74) is 3.69. The highest BCUT2D eigenvalue weighted by Crippen LogP contribution is 2.38. The molecule has 1 aromatic carbocycles. The molecule has 35 heavy (non-hydrogen) atoms. The van der Waals surface area contributed by atoms with Gasteiger partial charge in [-0.15, -0.1) is 0 Å². The summed E-state index contributed by atoms with van der Waals surface area (Å²) < 4.78 is 31.8. The van der Waals surface area contributed by atoms with Crippen LogP contribution in [0.2, 0.25) is 0 Å². The molecule has 3 aromatic rings. The first-order valence-corrected chi connectivity index (χ1v) is 13.1. The normalized spacial score (nSPS) is 16.3. The van der Waals surface area contributed by atoms with Crippen LogP contribution in [0, 0.1) is 0 Å². The van der Waals surface area contributed by atoms with Crippen LogP contribution in [-0.2, 0) is 22.9 Å². The molecule has 0 saturated heterocycles. The van der Waals surface area contributed by atoms with E-state index in [9.17, 15) is 13.2 Å². The van der Waals surface area contributed by atoms with E-state index in [4.69, 9.17) is 4.74 Å². The Balaban J connectivity index is 1.37. The lowest BCUT2D eigenvalue weighted by molar-refractivity contribution is 0.0994. The SMILES string of the molecule is CCN1c2ncc(CCOc3cccc4c3CCS(=O)(=O)N4C)cc2C(=O)N(C)c2cccnc21. The van der Waals surface area contributed by atoms with Crippen LogP contribution in [0.1, 0.15) is 28.4 Å². The van der Waals surface area contributed by atoms with Crippen LogP contribution < -0.4 is 18.8 Å². The number of benzene rings is 1. The highest BCUT2D eigenvalue weighted by molar-refractivity contribution is 7.92. The lowest BCUT2D eigenvalue weighted by Crippen LogP contribution is -2.34.